The average Bonchev–Trinajstić information content (AvgIpc) is 2.64. The molecular formula is C21H25ClN6O. The molecule has 0 atom stereocenters. The van der Waals surface area contributed by atoms with Crippen molar-refractivity contribution in [3.63, 3.8) is 0 Å². The van der Waals surface area contributed by atoms with Crippen LogP contribution >= 0.6 is 11.6 Å². The highest BCUT2D eigenvalue weighted by Crippen LogP contribution is 2.22. The second kappa shape index (κ2) is 9.54. The molecule has 0 spiro atoms. The van der Waals surface area contributed by atoms with E-state index in [0.29, 0.717) is 16.5 Å². The number of amides is 2. The quantitative estimate of drug-likeness (QED) is 0.494. The number of aromatic nitrogens is 2. The highest BCUT2D eigenvalue weighted by atomic mass is 35.5. The predicted octanol–water partition coefficient (Wildman–Crippen LogP) is 4.60. The lowest BCUT2D eigenvalue weighted by Gasteiger charge is -2.12. The molecule has 29 heavy (non-hydrogen) atoms. The van der Waals surface area contributed by atoms with Crippen LogP contribution in [0.1, 0.15) is 12.1 Å². The van der Waals surface area contributed by atoms with Crippen LogP contribution in [0.3, 0.4) is 0 Å². The average molecular weight is 413 g/mol. The van der Waals surface area contributed by atoms with Gasteiger partial charge >= 0.3 is 6.03 Å². The van der Waals surface area contributed by atoms with Gasteiger partial charge in [0.1, 0.15) is 5.82 Å². The van der Waals surface area contributed by atoms with Gasteiger partial charge in [0.05, 0.1) is 0 Å². The molecule has 2 aromatic carbocycles. The molecule has 0 saturated carbocycles. The van der Waals surface area contributed by atoms with Gasteiger partial charge < -0.3 is 15.5 Å². The lowest BCUT2D eigenvalue weighted by molar-refractivity contribution is 0.262. The van der Waals surface area contributed by atoms with Crippen molar-refractivity contribution < 1.29 is 4.79 Å². The first kappa shape index (κ1) is 20.8. The summed E-state index contributed by atoms with van der Waals surface area (Å²) in [6, 6.07) is 12.7. The SMILES string of the molecule is Cc1cc(NCCCN(C)C)nc(NC(=O)Nc2ccc3cc(Cl)ccc3c2)n1. The van der Waals surface area contributed by atoms with E-state index in [1.807, 2.05) is 63.5 Å². The van der Waals surface area contributed by atoms with E-state index in [1.165, 1.54) is 0 Å². The van der Waals surface area contributed by atoms with Crippen LogP contribution in [0.5, 0.6) is 0 Å². The summed E-state index contributed by atoms with van der Waals surface area (Å²) in [4.78, 5) is 23.2. The third kappa shape index (κ3) is 6.30. The van der Waals surface area contributed by atoms with Gasteiger partial charge in [-0.25, -0.2) is 9.78 Å². The van der Waals surface area contributed by atoms with Crippen LogP contribution in [0.2, 0.25) is 5.02 Å². The maximum Gasteiger partial charge on any atom is 0.326 e. The van der Waals surface area contributed by atoms with Crippen LogP contribution in [0.15, 0.2) is 42.5 Å². The first-order chi connectivity index (χ1) is 13.9. The van der Waals surface area contributed by atoms with Crippen LogP contribution in [0, 0.1) is 6.92 Å². The number of halogens is 1. The second-order valence-electron chi connectivity index (χ2n) is 7.09. The van der Waals surface area contributed by atoms with E-state index in [0.717, 1.165) is 36.0 Å². The summed E-state index contributed by atoms with van der Waals surface area (Å²) < 4.78 is 0. The molecule has 7 nitrogen and oxygen atoms in total. The van der Waals surface area contributed by atoms with Crippen molar-refractivity contribution in [2.24, 2.45) is 0 Å². The molecular weight excluding hydrogens is 388 g/mol. The fourth-order valence-electron chi connectivity index (χ4n) is 2.88. The largest absolute Gasteiger partial charge is 0.370 e. The minimum atomic E-state index is -0.400. The van der Waals surface area contributed by atoms with Gasteiger partial charge in [0.15, 0.2) is 0 Å². The summed E-state index contributed by atoms with van der Waals surface area (Å²) in [6.07, 6.45) is 0.993. The maximum absolute atomic E-state index is 12.4. The highest BCUT2D eigenvalue weighted by molar-refractivity contribution is 6.31. The van der Waals surface area contributed by atoms with Gasteiger partial charge in [-0.2, -0.15) is 4.98 Å². The maximum atomic E-state index is 12.4. The van der Waals surface area contributed by atoms with Gasteiger partial charge in [0, 0.05) is 29.0 Å². The number of fused-ring (bicyclic) bond motifs is 1. The molecule has 8 heteroatoms. The number of carbonyl (C=O) groups is 1. The van der Waals surface area contributed by atoms with Gasteiger partial charge in [-0.15, -0.1) is 0 Å². The fraction of sp³-hybridized carbons (Fsp3) is 0.286. The third-order valence-corrected chi connectivity index (χ3v) is 4.46. The summed E-state index contributed by atoms with van der Waals surface area (Å²) in [5, 5.41) is 11.5. The summed E-state index contributed by atoms with van der Waals surface area (Å²) in [7, 11) is 4.08. The van der Waals surface area contributed by atoms with Gasteiger partial charge in [-0.3, -0.25) is 5.32 Å². The molecule has 0 aliphatic carbocycles. The number of hydrogen-bond donors (Lipinski definition) is 3. The lowest BCUT2D eigenvalue weighted by Crippen LogP contribution is -2.21. The number of benzene rings is 2. The van der Waals surface area contributed by atoms with Crippen molar-refractivity contribution in [2.75, 3.05) is 43.1 Å². The first-order valence-corrected chi connectivity index (χ1v) is 9.78. The Kier molecular flexibility index (Phi) is 6.85. The number of aryl methyl sites for hydroxylation is 1. The molecule has 0 unspecified atom stereocenters. The third-order valence-electron chi connectivity index (χ3n) is 4.23. The summed E-state index contributed by atoms with van der Waals surface area (Å²) in [6.45, 7) is 3.65. The Morgan fingerprint density at radius 3 is 2.59 bits per heavy atom. The zero-order valence-electron chi connectivity index (χ0n) is 16.8. The Morgan fingerprint density at radius 2 is 1.79 bits per heavy atom. The van der Waals surface area contributed by atoms with E-state index >= 15 is 0 Å². The Bertz CT molecular complexity index is 1010. The van der Waals surface area contributed by atoms with Crippen molar-refractivity contribution in [2.45, 2.75) is 13.3 Å². The molecule has 152 valence electrons. The van der Waals surface area contributed by atoms with Gasteiger partial charge in [0.25, 0.3) is 0 Å². The number of anilines is 3. The summed E-state index contributed by atoms with van der Waals surface area (Å²) in [5.74, 6) is 0.944. The van der Waals surface area contributed by atoms with E-state index in [1.54, 1.807) is 0 Å². The minimum Gasteiger partial charge on any atom is -0.370 e. The number of urea groups is 1. The van der Waals surface area contributed by atoms with Crippen molar-refractivity contribution >= 4 is 45.9 Å². The van der Waals surface area contributed by atoms with Crippen LogP contribution < -0.4 is 16.0 Å². The summed E-state index contributed by atoms with van der Waals surface area (Å²) in [5.41, 5.74) is 1.44. The fourth-order valence-corrected chi connectivity index (χ4v) is 3.07. The molecule has 0 saturated heterocycles. The second-order valence-corrected chi connectivity index (χ2v) is 7.52. The number of hydrogen-bond acceptors (Lipinski definition) is 5. The lowest BCUT2D eigenvalue weighted by atomic mass is 10.1. The molecule has 0 aliphatic heterocycles. The monoisotopic (exact) mass is 412 g/mol. The standard InChI is InChI=1S/C21H25ClN6O/c1-14-11-19(23-9-4-10-28(2)3)26-20(24-14)27-21(29)25-18-8-6-15-12-17(22)7-5-16(15)13-18/h5-8,11-13H,4,9-10H2,1-3H3,(H3,23,24,25,26,27,29). The van der Waals surface area contributed by atoms with Crippen molar-refractivity contribution in [1.29, 1.82) is 0 Å². The molecule has 0 bridgehead atoms. The normalized spacial score (nSPS) is 10.9. The van der Waals surface area contributed by atoms with E-state index < -0.39 is 6.03 Å². The zero-order valence-corrected chi connectivity index (χ0v) is 17.5. The minimum absolute atomic E-state index is 0.255. The van der Waals surface area contributed by atoms with E-state index in [4.69, 9.17) is 11.6 Å². The molecule has 0 fully saturated rings. The molecule has 1 aromatic heterocycles. The van der Waals surface area contributed by atoms with E-state index in [9.17, 15) is 4.79 Å². The molecule has 0 aliphatic rings. The Balaban J connectivity index is 1.62. The van der Waals surface area contributed by atoms with Crippen molar-refractivity contribution in [3.8, 4) is 0 Å². The molecule has 3 N–H and O–H groups in total. The smallest absolute Gasteiger partial charge is 0.326 e. The van der Waals surface area contributed by atoms with Crippen LogP contribution in [-0.2, 0) is 0 Å². The Hall–Kier alpha value is -2.90. The van der Waals surface area contributed by atoms with E-state index in [2.05, 4.69) is 30.8 Å². The molecule has 3 aromatic rings. The van der Waals surface area contributed by atoms with Crippen LogP contribution in [-0.4, -0.2) is 48.1 Å². The zero-order chi connectivity index (χ0) is 20.8. The Morgan fingerprint density at radius 1 is 1.03 bits per heavy atom. The number of rotatable bonds is 7. The number of carbonyl (C=O) groups excluding carboxylic acids is 1. The van der Waals surface area contributed by atoms with Gasteiger partial charge in [-0.1, -0.05) is 23.7 Å². The predicted molar refractivity (Wildman–Crippen MR) is 120 cm³/mol. The highest BCUT2D eigenvalue weighted by Gasteiger charge is 2.08. The van der Waals surface area contributed by atoms with Crippen molar-refractivity contribution in [3.05, 3.63) is 53.2 Å². The molecule has 3 rings (SSSR count). The molecule has 2 amide bonds. The van der Waals surface area contributed by atoms with Crippen molar-refractivity contribution in [1.82, 2.24) is 14.9 Å². The number of nitrogens with zero attached hydrogens (tertiary/aromatic N) is 3. The number of nitrogens with one attached hydrogen (secondary N) is 3. The van der Waals surface area contributed by atoms with E-state index in [-0.39, 0.29) is 5.95 Å². The molecule has 0 radical (unpaired) electrons. The van der Waals surface area contributed by atoms with Crippen LogP contribution in [0.25, 0.3) is 10.8 Å². The van der Waals surface area contributed by atoms with Crippen LogP contribution in [0.4, 0.5) is 22.2 Å². The Labute approximate surface area is 175 Å². The topological polar surface area (TPSA) is 82.2 Å². The van der Waals surface area contributed by atoms with Gasteiger partial charge in [0.2, 0.25) is 5.95 Å². The summed E-state index contributed by atoms with van der Waals surface area (Å²) >= 11 is 6.01. The van der Waals surface area contributed by atoms with Gasteiger partial charge in [-0.05, 0) is 69.0 Å². The molecule has 1 heterocycles. The first-order valence-electron chi connectivity index (χ1n) is 9.41.